The van der Waals surface area contributed by atoms with Crippen LogP contribution in [0.1, 0.15) is 41.8 Å². The lowest BCUT2D eigenvalue weighted by molar-refractivity contribution is -0.137. The molecule has 0 saturated carbocycles. The number of hydrogen-bond donors (Lipinski definition) is 3. The Kier molecular flexibility index (Phi) is 5.11. The largest absolute Gasteiger partial charge is 0.417 e. The summed E-state index contributed by atoms with van der Waals surface area (Å²) in [6.45, 7) is 1.48. The molecule has 1 saturated heterocycles. The number of pyridine rings is 1. The number of halogens is 4. The summed E-state index contributed by atoms with van der Waals surface area (Å²) >= 11 is 0. The molecule has 3 N–H and O–H groups in total. The van der Waals surface area contributed by atoms with Crippen LogP contribution in [0.2, 0.25) is 0 Å². The molecule has 1 aliphatic carbocycles. The lowest BCUT2D eigenvalue weighted by atomic mass is 9.92. The first-order valence-corrected chi connectivity index (χ1v) is 11.4. The van der Waals surface area contributed by atoms with Crippen LogP contribution in [-0.2, 0) is 28.2 Å². The van der Waals surface area contributed by atoms with E-state index >= 15 is 0 Å². The fourth-order valence-corrected chi connectivity index (χ4v) is 5.60. The van der Waals surface area contributed by atoms with E-state index in [0.29, 0.717) is 29.8 Å². The summed E-state index contributed by atoms with van der Waals surface area (Å²) in [4.78, 5) is 3.94. The Morgan fingerprint density at radius 1 is 1.31 bits per heavy atom. The Bertz CT molecular complexity index is 1200. The van der Waals surface area contributed by atoms with Gasteiger partial charge in [0.25, 0.3) is 0 Å². The van der Waals surface area contributed by atoms with E-state index in [4.69, 9.17) is 5.41 Å². The molecule has 0 bridgehead atoms. The lowest BCUT2D eigenvalue weighted by Crippen LogP contribution is -2.61. The van der Waals surface area contributed by atoms with Crippen molar-refractivity contribution < 1.29 is 26.0 Å². The van der Waals surface area contributed by atoms with Gasteiger partial charge in [-0.05, 0) is 49.6 Å². The quantitative estimate of drug-likeness (QED) is 0.597. The van der Waals surface area contributed by atoms with Gasteiger partial charge in [0.1, 0.15) is 5.82 Å². The smallest absolute Gasteiger partial charge is 0.378 e. The highest BCUT2D eigenvalue weighted by Gasteiger charge is 2.43. The van der Waals surface area contributed by atoms with Crippen LogP contribution in [0.4, 0.5) is 23.2 Å². The second kappa shape index (κ2) is 7.32. The third-order valence-electron chi connectivity index (χ3n) is 5.88. The van der Waals surface area contributed by atoms with E-state index in [2.05, 4.69) is 15.6 Å². The van der Waals surface area contributed by atoms with Gasteiger partial charge in [-0.25, -0.2) is 17.1 Å². The summed E-state index contributed by atoms with van der Waals surface area (Å²) in [5.74, 6) is -1.51. The van der Waals surface area contributed by atoms with Gasteiger partial charge in [-0.2, -0.15) is 13.2 Å². The zero-order valence-corrected chi connectivity index (χ0v) is 18.0. The average molecular weight is 471 g/mol. The maximum Gasteiger partial charge on any atom is 0.417 e. The van der Waals surface area contributed by atoms with Crippen LogP contribution in [0.15, 0.2) is 30.5 Å². The molecule has 0 unspecified atom stereocenters. The Labute approximate surface area is 182 Å². The molecule has 1 aromatic carbocycles. The van der Waals surface area contributed by atoms with E-state index < -0.39 is 44.9 Å². The number of alkyl halides is 3. The first-order chi connectivity index (χ1) is 14.8. The van der Waals surface area contributed by atoms with Crippen molar-refractivity contribution in [2.45, 2.75) is 37.5 Å². The Morgan fingerprint density at radius 3 is 2.69 bits per heavy atom. The summed E-state index contributed by atoms with van der Waals surface area (Å²) in [6, 6.07) is 4.65. The number of nitrogens with one attached hydrogen (secondary N) is 3. The number of sulfonamides is 1. The lowest BCUT2D eigenvalue weighted by Gasteiger charge is -2.40. The number of aromatic nitrogens is 1. The molecule has 4 rings (SSSR count). The summed E-state index contributed by atoms with van der Waals surface area (Å²) < 4.78 is 79.6. The standard InChI is InChI=1S/C20H21F4N5O2S/c1-19(10-32(30,31)29(2)18(25)28-19)14-8-12(3-4-15(14)21)27-17-6-5-16-13(17)7-11(9-26-16)20(22,23)24/h3-4,7-9,17,27H,5-6,10H2,1-2H3,(H2,25,28)/t17-,19+/m1/s1. The van der Waals surface area contributed by atoms with Crippen LogP contribution in [0.3, 0.4) is 0 Å². The van der Waals surface area contributed by atoms with Crippen molar-refractivity contribution in [1.29, 1.82) is 5.41 Å². The van der Waals surface area contributed by atoms with E-state index in [9.17, 15) is 26.0 Å². The van der Waals surface area contributed by atoms with E-state index in [1.165, 1.54) is 32.2 Å². The molecule has 172 valence electrons. The Balaban J connectivity index is 1.65. The zero-order valence-electron chi connectivity index (χ0n) is 17.2. The summed E-state index contributed by atoms with van der Waals surface area (Å²) in [6.07, 6.45) is -2.68. The average Bonchev–Trinajstić information content (AvgIpc) is 3.08. The van der Waals surface area contributed by atoms with Crippen LogP contribution in [0.5, 0.6) is 0 Å². The summed E-state index contributed by atoms with van der Waals surface area (Å²) in [5.41, 5.74) is -0.786. The van der Waals surface area contributed by atoms with E-state index in [0.717, 1.165) is 16.6 Å². The van der Waals surface area contributed by atoms with Crippen LogP contribution in [0.25, 0.3) is 0 Å². The first-order valence-electron chi connectivity index (χ1n) is 9.76. The predicted octanol–water partition coefficient (Wildman–Crippen LogP) is 3.35. The molecule has 2 aliphatic rings. The van der Waals surface area contributed by atoms with Crippen LogP contribution in [0, 0.1) is 11.2 Å². The molecule has 1 aromatic heterocycles. The van der Waals surface area contributed by atoms with Gasteiger partial charge in [0.15, 0.2) is 0 Å². The molecular formula is C20H21F4N5O2S. The summed E-state index contributed by atoms with van der Waals surface area (Å²) in [7, 11) is -2.60. The molecular weight excluding hydrogens is 450 g/mol. The third kappa shape index (κ3) is 3.87. The van der Waals surface area contributed by atoms with Crippen molar-refractivity contribution in [1.82, 2.24) is 14.6 Å². The molecule has 12 heteroatoms. The SMILES string of the molecule is CN1C(=N)N[C@](C)(c2cc(N[C@@H]3CCc4ncc(C(F)(F)F)cc43)ccc2F)CS1(=O)=O. The predicted molar refractivity (Wildman–Crippen MR) is 110 cm³/mol. The minimum absolute atomic E-state index is 0.0318. The normalized spacial score (nSPS) is 24.8. The second-order valence-corrected chi connectivity index (χ2v) is 10.2. The van der Waals surface area contributed by atoms with Gasteiger partial charge in [-0.1, -0.05) is 0 Å². The molecule has 0 radical (unpaired) electrons. The van der Waals surface area contributed by atoms with Crippen LogP contribution < -0.4 is 10.6 Å². The van der Waals surface area contributed by atoms with Gasteiger partial charge >= 0.3 is 6.18 Å². The van der Waals surface area contributed by atoms with E-state index in [1.54, 1.807) is 0 Å². The fourth-order valence-electron chi connectivity index (χ4n) is 4.12. The van der Waals surface area contributed by atoms with Crippen molar-refractivity contribution in [3.63, 3.8) is 0 Å². The van der Waals surface area contributed by atoms with Gasteiger partial charge in [0.05, 0.1) is 22.9 Å². The monoisotopic (exact) mass is 471 g/mol. The minimum Gasteiger partial charge on any atom is -0.378 e. The van der Waals surface area contributed by atoms with Crippen molar-refractivity contribution in [2.24, 2.45) is 0 Å². The molecule has 1 fully saturated rings. The van der Waals surface area contributed by atoms with Gasteiger partial charge in [-0.3, -0.25) is 10.4 Å². The highest BCUT2D eigenvalue weighted by molar-refractivity contribution is 7.89. The molecule has 0 spiro atoms. The van der Waals surface area contributed by atoms with Crippen LogP contribution >= 0.6 is 0 Å². The number of nitrogens with zero attached hydrogens (tertiary/aromatic N) is 2. The van der Waals surface area contributed by atoms with Gasteiger partial charge < -0.3 is 10.6 Å². The fraction of sp³-hybridized carbons (Fsp3) is 0.400. The Hall–Kier alpha value is -2.89. The third-order valence-corrected chi connectivity index (χ3v) is 7.83. The highest BCUT2D eigenvalue weighted by Crippen LogP contribution is 2.38. The topological polar surface area (TPSA) is 98.2 Å². The zero-order chi connectivity index (χ0) is 23.5. The van der Waals surface area contributed by atoms with Gasteiger partial charge in [0.2, 0.25) is 16.0 Å². The maximum atomic E-state index is 14.7. The van der Waals surface area contributed by atoms with Gasteiger partial charge in [-0.15, -0.1) is 0 Å². The number of anilines is 1. The first kappa shape index (κ1) is 22.3. The highest BCUT2D eigenvalue weighted by atomic mass is 32.2. The minimum atomic E-state index is -4.51. The number of guanidine groups is 1. The Morgan fingerprint density at radius 2 is 2.03 bits per heavy atom. The van der Waals surface area contributed by atoms with Crippen molar-refractivity contribution >= 4 is 21.7 Å². The van der Waals surface area contributed by atoms with Gasteiger partial charge in [0, 0.05) is 30.2 Å². The molecule has 2 aromatic rings. The molecule has 7 nitrogen and oxygen atoms in total. The van der Waals surface area contributed by atoms with Crippen LogP contribution in [-0.4, -0.2) is 36.5 Å². The molecule has 2 heterocycles. The van der Waals surface area contributed by atoms with Crippen molar-refractivity contribution in [3.8, 4) is 0 Å². The second-order valence-electron chi connectivity index (χ2n) is 8.22. The molecule has 32 heavy (non-hydrogen) atoms. The molecule has 0 amide bonds. The van der Waals surface area contributed by atoms with E-state index in [-0.39, 0.29) is 11.5 Å². The van der Waals surface area contributed by atoms with Crippen molar-refractivity contribution in [2.75, 3.05) is 18.1 Å². The maximum absolute atomic E-state index is 14.7. The number of rotatable bonds is 3. The molecule has 2 atom stereocenters. The number of fused-ring (bicyclic) bond motifs is 1. The summed E-state index contributed by atoms with van der Waals surface area (Å²) in [5, 5.41) is 13.8. The van der Waals surface area contributed by atoms with E-state index in [1.807, 2.05) is 0 Å². The van der Waals surface area contributed by atoms with Crippen molar-refractivity contribution in [3.05, 3.63) is 58.7 Å². The number of benzene rings is 1. The number of hydrogen-bond acceptors (Lipinski definition) is 5. The number of aryl methyl sites for hydroxylation is 1. The molecule has 1 aliphatic heterocycles.